The maximum absolute atomic E-state index is 11.8. The molecule has 1 atom stereocenters. The van der Waals surface area contributed by atoms with E-state index in [0.717, 1.165) is 10.9 Å². The van der Waals surface area contributed by atoms with Crippen molar-refractivity contribution in [1.29, 1.82) is 0 Å². The van der Waals surface area contributed by atoms with E-state index in [4.69, 9.17) is 5.11 Å². The summed E-state index contributed by atoms with van der Waals surface area (Å²) in [5.74, 6) is 0.276. The van der Waals surface area contributed by atoms with Crippen LogP contribution >= 0.6 is 0 Å². The van der Waals surface area contributed by atoms with Gasteiger partial charge in [0.05, 0.1) is 0 Å². The van der Waals surface area contributed by atoms with Gasteiger partial charge in [-0.2, -0.15) is 0 Å². The topological polar surface area (TPSA) is 61.4 Å². The fourth-order valence-corrected chi connectivity index (χ4v) is 2.27. The number of aliphatic hydroxyl groups is 1. The van der Waals surface area contributed by atoms with Crippen molar-refractivity contribution in [2.24, 2.45) is 5.92 Å². The Bertz CT molecular complexity index is 593. The van der Waals surface area contributed by atoms with E-state index in [1.165, 1.54) is 5.39 Å². The summed E-state index contributed by atoms with van der Waals surface area (Å²) in [6.07, 6.45) is 0.698. The van der Waals surface area contributed by atoms with E-state index in [1.807, 2.05) is 31.2 Å². The Kier molecular flexibility index (Phi) is 5.58. The van der Waals surface area contributed by atoms with Crippen LogP contribution in [0.5, 0.6) is 0 Å². The molecule has 0 spiro atoms. The molecule has 4 heteroatoms. The van der Waals surface area contributed by atoms with Crippen molar-refractivity contribution in [3.8, 4) is 0 Å². The van der Waals surface area contributed by atoms with E-state index in [1.54, 1.807) is 0 Å². The second-order valence-corrected chi connectivity index (χ2v) is 5.32. The van der Waals surface area contributed by atoms with Crippen molar-refractivity contribution in [1.82, 2.24) is 10.6 Å². The molecule has 1 unspecified atom stereocenters. The minimum absolute atomic E-state index is 0.153. The summed E-state index contributed by atoms with van der Waals surface area (Å²) in [5, 5.41) is 16.9. The number of rotatable bonds is 6. The average molecular weight is 286 g/mol. The number of benzene rings is 2. The van der Waals surface area contributed by atoms with Gasteiger partial charge in [-0.15, -0.1) is 0 Å². The number of urea groups is 1. The molecule has 0 heterocycles. The van der Waals surface area contributed by atoms with Gasteiger partial charge in [-0.3, -0.25) is 0 Å². The molecule has 0 radical (unpaired) electrons. The third kappa shape index (κ3) is 4.46. The van der Waals surface area contributed by atoms with Crippen molar-refractivity contribution in [2.45, 2.75) is 19.9 Å². The van der Waals surface area contributed by atoms with Gasteiger partial charge in [-0.05, 0) is 28.7 Å². The van der Waals surface area contributed by atoms with Gasteiger partial charge in [-0.25, -0.2) is 4.79 Å². The van der Waals surface area contributed by atoms with Crippen LogP contribution in [0.1, 0.15) is 18.9 Å². The van der Waals surface area contributed by atoms with Crippen LogP contribution in [-0.4, -0.2) is 24.3 Å². The lowest BCUT2D eigenvalue weighted by Gasteiger charge is -2.13. The van der Waals surface area contributed by atoms with Crippen LogP contribution < -0.4 is 10.6 Å². The highest BCUT2D eigenvalue weighted by atomic mass is 16.3. The molecule has 2 amide bonds. The minimum atomic E-state index is -0.173. The maximum atomic E-state index is 11.8. The first-order valence-corrected chi connectivity index (χ1v) is 7.30. The maximum Gasteiger partial charge on any atom is 0.315 e. The lowest BCUT2D eigenvalue weighted by molar-refractivity contribution is 0.233. The Morgan fingerprint density at radius 1 is 1.14 bits per heavy atom. The highest BCUT2D eigenvalue weighted by molar-refractivity contribution is 5.86. The first kappa shape index (κ1) is 15.3. The Labute approximate surface area is 125 Å². The van der Waals surface area contributed by atoms with E-state index in [9.17, 15) is 4.79 Å². The Hall–Kier alpha value is -2.07. The molecule has 2 aromatic carbocycles. The monoisotopic (exact) mass is 286 g/mol. The molecule has 0 aliphatic rings. The van der Waals surface area contributed by atoms with Gasteiger partial charge in [0.15, 0.2) is 0 Å². The Balaban J connectivity index is 1.88. The summed E-state index contributed by atoms with van der Waals surface area (Å²) in [6, 6.07) is 14.1. The summed E-state index contributed by atoms with van der Waals surface area (Å²) in [4.78, 5) is 11.8. The molecule has 2 aromatic rings. The summed E-state index contributed by atoms with van der Waals surface area (Å²) >= 11 is 0. The van der Waals surface area contributed by atoms with Gasteiger partial charge in [0.1, 0.15) is 0 Å². The van der Waals surface area contributed by atoms with Crippen molar-refractivity contribution >= 4 is 16.8 Å². The minimum Gasteiger partial charge on any atom is -0.396 e. The van der Waals surface area contributed by atoms with Gasteiger partial charge in [-0.1, -0.05) is 49.4 Å². The fraction of sp³-hybridized carbons (Fsp3) is 0.353. The average Bonchev–Trinajstić information content (AvgIpc) is 2.51. The van der Waals surface area contributed by atoms with Crippen LogP contribution in [0.2, 0.25) is 0 Å². The molecular weight excluding hydrogens is 264 g/mol. The summed E-state index contributed by atoms with van der Waals surface area (Å²) < 4.78 is 0. The number of fused-ring (bicyclic) bond motifs is 1. The van der Waals surface area contributed by atoms with Crippen molar-refractivity contribution in [3.63, 3.8) is 0 Å². The zero-order valence-electron chi connectivity index (χ0n) is 12.3. The molecule has 4 nitrogen and oxygen atoms in total. The third-order valence-electron chi connectivity index (χ3n) is 3.55. The molecule has 3 N–H and O–H groups in total. The Morgan fingerprint density at radius 3 is 2.71 bits per heavy atom. The predicted octanol–water partition coefficient (Wildman–Crippen LogP) is 2.66. The number of aliphatic hydroxyl groups excluding tert-OH is 1. The lowest BCUT2D eigenvalue weighted by Crippen LogP contribution is -2.37. The largest absolute Gasteiger partial charge is 0.396 e. The zero-order valence-corrected chi connectivity index (χ0v) is 12.3. The molecular formula is C17H22N2O2. The molecule has 112 valence electrons. The van der Waals surface area contributed by atoms with Crippen molar-refractivity contribution in [3.05, 3.63) is 48.0 Å². The fourth-order valence-electron chi connectivity index (χ4n) is 2.27. The van der Waals surface area contributed by atoms with E-state index in [2.05, 4.69) is 28.8 Å². The van der Waals surface area contributed by atoms with Crippen molar-refractivity contribution in [2.75, 3.05) is 13.2 Å². The van der Waals surface area contributed by atoms with Gasteiger partial charge in [0, 0.05) is 19.7 Å². The third-order valence-corrected chi connectivity index (χ3v) is 3.55. The first-order chi connectivity index (χ1) is 10.2. The van der Waals surface area contributed by atoms with Crippen LogP contribution in [0, 0.1) is 5.92 Å². The smallest absolute Gasteiger partial charge is 0.315 e. The van der Waals surface area contributed by atoms with Crippen LogP contribution in [0.4, 0.5) is 4.79 Å². The van der Waals surface area contributed by atoms with E-state index >= 15 is 0 Å². The van der Waals surface area contributed by atoms with Crippen LogP contribution in [0.15, 0.2) is 42.5 Å². The van der Waals surface area contributed by atoms with E-state index < -0.39 is 0 Å². The lowest BCUT2D eigenvalue weighted by atomic mass is 10.0. The second kappa shape index (κ2) is 7.64. The predicted molar refractivity (Wildman–Crippen MR) is 85.1 cm³/mol. The molecule has 0 aliphatic carbocycles. The molecule has 2 rings (SSSR count). The SMILES string of the molecule is CC(CCO)CNC(=O)NCc1cccc2ccccc12. The highest BCUT2D eigenvalue weighted by Crippen LogP contribution is 2.18. The summed E-state index contributed by atoms with van der Waals surface area (Å²) in [5.41, 5.74) is 1.10. The van der Waals surface area contributed by atoms with E-state index in [-0.39, 0.29) is 18.6 Å². The van der Waals surface area contributed by atoms with Gasteiger partial charge < -0.3 is 15.7 Å². The first-order valence-electron chi connectivity index (χ1n) is 7.30. The molecule has 0 fully saturated rings. The molecule has 21 heavy (non-hydrogen) atoms. The Morgan fingerprint density at radius 2 is 1.90 bits per heavy atom. The van der Waals surface area contributed by atoms with Crippen LogP contribution in [-0.2, 0) is 6.54 Å². The van der Waals surface area contributed by atoms with Crippen molar-refractivity contribution < 1.29 is 9.90 Å². The standard InChI is InChI=1S/C17H22N2O2/c1-13(9-10-20)11-18-17(21)19-12-15-7-4-6-14-5-2-3-8-16(14)15/h2-8,13,20H,9-12H2,1H3,(H2,18,19,21). The molecule has 0 saturated carbocycles. The number of carbonyl (C=O) groups is 1. The number of nitrogens with one attached hydrogen (secondary N) is 2. The quantitative estimate of drug-likeness (QED) is 0.764. The molecule has 0 bridgehead atoms. The van der Waals surface area contributed by atoms with Gasteiger partial charge in [0.2, 0.25) is 0 Å². The zero-order chi connectivity index (χ0) is 15.1. The molecule has 0 aromatic heterocycles. The van der Waals surface area contributed by atoms with Crippen LogP contribution in [0.25, 0.3) is 10.8 Å². The molecule has 0 aliphatic heterocycles. The second-order valence-electron chi connectivity index (χ2n) is 5.32. The van der Waals surface area contributed by atoms with Gasteiger partial charge >= 0.3 is 6.03 Å². The summed E-state index contributed by atoms with van der Waals surface area (Å²) in [6.45, 7) is 3.23. The van der Waals surface area contributed by atoms with Gasteiger partial charge in [0.25, 0.3) is 0 Å². The van der Waals surface area contributed by atoms with E-state index in [0.29, 0.717) is 19.5 Å². The number of hydrogen-bond donors (Lipinski definition) is 3. The number of carbonyl (C=O) groups excluding carboxylic acids is 1. The highest BCUT2D eigenvalue weighted by Gasteiger charge is 2.06. The molecule has 0 saturated heterocycles. The summed E-state index contributed by atoms with van der Waals surface area (Å²) in [7, 11) is 0. The number of hydrogen-bond acceptors (Lipinski definition) is 2. The number of amides is 2. The van der Waals surface area contributed by atoms with Crippen LogP contribution in [0.3, 0.4) is 0 Å². The normalized spacial score (nSPS) is 12.1.